The minimum atomic E-state index is -0.304. The summed E-state index contributed by atoms with van der Waals surface area (Å²) in [5.41, 5.74) is 0. The molecule has 3 rings (SSSR count). The Labute approximate surface area is 156 Å². The van der Waals surface area contributed by atoms with Gasteiger partial charge in [-0.2, -0.15) is 0 Å². The minimum absolute atomic E-state index is 0.0417. The van der Waals surface area contributed by atoms with Gasteiger partial charge >= 0.3 is 0 Å². The Bertz CT molecular complexity index is 748. The summed E-state index contributed by atoms with van der Waals surface area (Å²) in [4.78, 5) is 11.9. The van der Waals surface area contributed by atoms with Crippen LogP contribution in [-0.2, 0) is 11.3 Å². The molecule has 1 atom stereocenters. The van der Waals surface area contributed by atoms with E-state index in [1.54, 1.807) is 6.07 Å². The van der Waals surface area contributed by atoms with Gasteiger partial charge in [-0.05, 0) is 38.8 Å². The second-order valence-electron chi connectivity index (χ2n) is 5.91. The van der Waals surface area contributed by atoms with Gasteiger partial charge < -0.3 is 14.6 Å². The predicted octanol–water partition coefficient (Wildman–Crippen LogP) is 3.46. The molecular weight excluding hydrogens is 360 g/mol. The van der Waals surface area contributed by atoms with Gasteiger partial charge in [0.1, 0.15) is 5.75 Å². The van der Waals surface area contributed by atoms with Crippen molar-refractivity contribution in [1.29, 1.82) is 0 Å². The second kappa shape index (κ2) is 8.10. The zero-order chi connectivity index (χ0) is 17.8. The van der Waals surface area contributed by atoms with Crippen LogP contribution in [0.3, 0.4) is 0 Å². The number of ether oxygens (including phenoxy) is 1. The van der Waals surface area contributed by atoms with E-state index in [0.29, 0.717) is 34.9 Å². The highest BCUT2D eigenvalue weighted by molar-refractivity contribution is 7.99. The molecule has 1 fully saturated rings. The summed E-state index contributed by atoms with van der Waals surface area (Å²) in [6.45, 7) is 4.63. The molecule has 134 valence electrons. The van der Waals surface area contributed by atoms with Gasteiger partial charge in [0.2, 0.25) is 5.91 Å². The molecule has 0 aliphatic heterocycles. The molecule has 1 heterocycles. The smallest absolute Gasteiger partial charge is 0.230 e. The van der Waals surface area contributed by atoms with Crippen molar-refractivity contribution in [3.63, 3.8) is 0 Å². The summed E-state index contributed by atoms with van der Waals surface area (Å²) >= 11 is 7.54. The number of thioether (sulfide) groups is 1. The van der Waals surface area contributed by atoms with Crippen LogP contribution in [0.4, 0.5) is 0 Å². The van der Waals surface area contributed by atoms with Crippen molar-refractivity contribution >= 4 is 29.3 Å². The van der Waals surface area contributed by atoms with Crippen LogP contribution >= 0.6 is 23.4 Å². The van der Waals surface area contributed by atoms with E-state index in [-0.39, 0.29) is 12.0 Å². The molecule has 1 aromatic carbocycles. The molecular formula is C17H21ClN4O2S. The van der Waals surface area contributed by atoms with Gasteiger partial charge in [-0.25, -0.2) is 0 Å². The quantitative estimate of drug-likeness (QED) is 0.710. The van der Waals surface area contributed by atoms with Gasteiger partial charge in [-0.15, -0.1) is 10.2 Å². The van der Waals surface area contributed by atoms with Crippen molar-refractivity contribution in [3.8, 4) is 5.75 Å². The van der Waals surface area contributed by atoms with Crippen molar-refractivity contribution in [2.75, 3.05) is 5.75 Å². The Hall–Kier alpha value is -1.73. The summed E-state index contributed by atoms with van der Waals surface area (Å²) in [5, 5.41) is 12.7. The van der Waals surface area contributed by atoms with Crippen LogP contribution in [0.2, 0.25) is 5.02 Å². The number of para-hydroxylation sites is 1. The first kappa shape index (κ1) is 18.1. The van der Waals surface area contributed by atoms with E-state index in [2.05, 4.69) is 15.5 Å². The number of carbonyl (C=O) groups is 1. The van der Waals surface area contributed by atoms with E-state index in [9.17, 15) is 4.79 Å². The maximum Gasteiger partial charge on any atom is 0.230 e. The number of hydrogen-bond donors (Lipinski definition) is 1. The third kappa shape index (κ3) is 4.67. The Morgan fingerprint density at radius 2 is 2.20 bits per heavy atom. The predicted molar refractivity (Wildman–Crippen MR) is 98.1 cm³/mol. The van der Waals surface area contributed by atoms with Gasteiger partial charge in [0, 0.05) is 12.6 Å². The van der Waals surface area contributed by atoms with E-state index < -0.39 is 0 Å². The zero-order valence-corrected chi connectivity index (χ0v) is 15.8. The van der Waals surface area contributed by atoms with Crippen LogP contribution in [0.15, 0.2) is 29.4 Å². The fourth-order valence-corrected chi connectivity index (χ4v) is 3.42. The molecule has 6 nitrogen and oxygen atoms in total. The molecule has 1 N–H and O–H groups in total. The Morgan fingerprint density at radius 3 is 2.88 bits per heavy atom. The van der Waals surface area contributed by atoms with Gasteiger partial charge in [0.15, 0.2) is 17.1 Å². The van der Waals surface area contributed by atoms with E-state index >= 15 is 0 Å². The maximum absolute atomic E-state index is 11.9. The number of rotatable bonds is 8. The fraction of sp³-hybridized carbons (Fsp3) is 0.471. The lowest BCUT2D eigenvalue weighted by atomic mass is 10.3. The summed E-state index contributed by atoms with van der Waals surface area (Å²) in [5.74, 6) is 1.71. The highest BCUT2D eigenvalue weighted by atomic mass is 35.5. The Balaban J connectivity index is 1.66. The largest absolute Gasteiger partial charge is 0.481 e. The van der Waals surface area contributed by atoms with Crippen LogP contribution < -0.4 is 10.1 Å². The number of nitrogens with zero attached hydrogens (tertiary/aromatic N) is 3. The summed E-state index contributed by atoms with van der Waals surface area (Å²) in [7, 11) is 0. The second-order valence-corrected chi connectivity index (χ2v) is 7.26. The van der Waals surface area contributed by atoms with Gasteiger partial charge in [-0.1, -0.05) is 35.5 Å². The molecule has 0 radical (unpaired) electrons. The monoisotopic (exact) mass is 380 g/mol. The molecule has 1 aromatic heterocycles. The van der Waals surface area contributed by atoms with Crippen molar-refractivity contribution < 1.29 is 9.53 Å². The summed E-state index contributed by atoms with van der Waals surface area (Å²) in [6, 6.07) is 7.71. The highest BCUT2D eigenvalue weighted by Gasteiger charge is 2.24. The third-order valence-corrected chi connectivity index (χ3v) is 5.12. The standard InChI is InChI=1S/C17H21ClN4O2S/c1-3-22-16(11(2)24-14-7-5-4-6-13(14)18)20-21-17(22)25-10-15(23)19-12-8-9-12/h4-7,11-12H,3,8-10H2,1-2H3,(H,19,23). The van der Waals surface area contributed by atoms with E-state index in [0.717, 1.165) is 18.0 Å². The molecule has 25 heavy (non-hydrogen) atoms. The molecule has 1 aliphatic carbocycles. The van der Waals surface area contributed by atoms with Crippen LogP contribution in [0.25, 0.3) is 0 Å². The van der Waals surface area contributed by atoms with Crippen molar-refractivity contribution in [2.45, 2.75) is 50.5 Å². The molecule has 1 unspecified atom stereocenters. The van der Waals surface area contributed by atoms with Gasteiger partial charge in [0.25, 0.3) is 0 Å². The van der Waals surface area contributed by atoms with E-state index in [4.69, 9.17) is 16.3 Å². The topological polar surface area (TPSA) is 69.0 Å². The van der Waals surface area contributed by atoms with Gasteiger partial charge in [-0.3, -0.25) is 4.79 Å². The number of benzene rings is 1. The number of nitrogens with one attached hydrogen (secondary N) is 1. The first-order chi connectivity index (χ1) is 12.1. The summed E-state index contributed by atoms with van der Waals surface area (Å²) in [6.07, 6.45) is 1.87. The molecule has 0 saturated heterocycles. The van der Waals surface area contributed by atoms with Crippen LogP contribution in [0.5, 0.6) is 5.75 Å². The number of aromatic nitrogens is 3. The molecule has 0 bridgehead atoms. The van der Waals surface area contributed by atoms with Crippen LogP contribution in [-0.4, -0.2) is 32.5 Å². The lowest BCUT2D eigenvalue weighted by Crippen LogP contribution is -2.27. The molecule has 0 spiro atoms. The van der Waals surface area contributed by atoms with Gasteiger partial charge in [0.05, 0.1) is 10.8 Å². The molecule has 8 heteroatoms. The number of amides is 1. The molecule has 2 aromatic rings. The molecule has 1 aliphatic rings. The average Bonchev–Trinajstić information content (AvgIpc) is 3.31. The van der Waals surface area contributed by atoms with Crippen molar-refractivity contribution in [3.05, 3.63) is 35.1 Å². The summed E-state index contributed by atoms with van der Waals surface area (Å²) < 4.78 is 7.90. The van der Waals surface area contributed by atoms with Crippen LogP contribution in [0.1, 0.15) is 38.6 Å². The minimum Gasteiger partial charge on any atom is -0.481 e. The first-order valence-electron chi connectivity index (χ1n) is 8.35. The molecule has 1 amide bonds. The van der Waals surface area contributed by atoms with E-state index in [1.807, 2.05) is 36.6 Å². The number of halogens is 1. The van der Waals surface area contributed by atoms with Crippen molar-refractivity contribution in [2.24, 2.45) is 0 Å². The zero-order valence-electron chi connectivity index (χ0n) is 14.2. The molecule has 1 saturated carbocycles. The average molecular weight is 381 g/mol. The first-order valence-corrected chi connectivity index (χ1v) is 9.71. The van der Waals surface area contributed by atoms with E-state index in [1.165, 1.54) is 11.8 Å². The normalized spacial score (nSPS) is 15.0. The Morgan fingerprint density at radius 1 is 1.44 bits per heavy atom. The SMILES string of the molecule is CCn1c(SCC(=O)NC2CC2)nnc1C(C)Oc1ccccc1Cl. The Kier molecular flexibility index (Phi) is 5.86. The van der Waals surface area contributed by atoms with Crippen LogP contribution in [0, 0.1) is 0 Å². The lowest BCUT2D eigenvalue weighted by molar-refractivity contribution is -0.118. The highest BCUT2D eigenvalue weighted by Crippen LogP contribution is 2.29. The number of carbonyl (C=O) groups excluding carboxylic acids is 1. The fourth-order valence-electron chi connectivity index (χ4n) is 2.42. The van der Waals surface area contributed by atoms with Crippen molar-refractivity contribution in [1.82, 2.24) is 20.1 Å². The lowest BCUT2D eigenvalue weighted by Gasteiger charge is -2.16. The third-order valence-electron chi connectivity index (χ3n) is 3.84. The maximum atomic E-state index is 11.9. The number of hydrogen-bond acceptors (Lipinski definition) is 5.